The van der Waals surface area contributed by atoms with Gasteiger partial charge in [-0.15, -0.1) is 0 Å². The molecule has 116 valence electrons. The molecule has 2 aliphatic heterocycles. The van der Waals surface area contributed by atoms with Gasteiger partial charge in [-0.25, -0.2) is 0 Å². The van der Waals surface area contributed by atoms with Crippen molar-refractivity contribution in [1.82, 2.24) is 5.43 Å². The van der Waals surface area contributed by atoms with Gasteiger partial charge < -0.3 is 9.47 Å². The Morgan fingerprint density at radius 3 is 2.95 bits per heavy atom. The second-order valence-electron chi connectivity index (χ2n) is 6.24. The van der Waals surface area contributed by atoms with Crippen LogP contribution in [0.5, 0.6) is 0 Å². The molecule has 1 aromatic carbocycles. The summed E-state index contributed by atoms with van der Waals surface area (Å²) in [6.45, 7) is 4.31. The molecule has 0 aliphatic carbocycles. The van der Waals surface area contributed by atoms with Crippen LogP contribution in [0.2, 0.25) is 5.02 Å². The third kappa shape index (κ3) is 3.10. The highest BCUT2D eigenvalue weighted by molar-refractivity contribution is 6.31. The first-order valence-corrected chi connectivity index (χ1v) is 7.95. The van der Waals surface area contributed by atoms with E-state index in [-0.39, 0.29) is 11.6 Å². The Bertz CT molecular complexity index is 503. The summed E-state index contributed by atoms with van der Waals surface area (Å²) in [4.78, 5) is 0. The van der Waals surface area contributed by atoms with Gasteiger partial charge in [0.15, 0.2) is 0 Å². The molecule has 2 heterocycles. The molecule has 0 radical (unpaired) electrons. The van der Waals surface area contributed by atoms with Crippen molar-refractivity contribution in [2.24, 2.45) is 11.8 Å². The molecule has 3 N–H and O–H groups in total. The number of hydrazine groups is 1. The highest BCUT2D eigenvalue weighted by atomic mass is 35.5. The summed E-state index contributed by atoms with van der Waals surface area (Å²) in [7, 11) is 0. The van der Waals surface area contributed by atoms with Crippen molar-refractivity contribution in [2.75, 3.05) is 19.8 Å². The fourth-order valence-corrected chi connectivity index (χ4v) is 3.70. The molecule has 1 spiro atoms. The van der Waals surface area contributed by atoms with Crippen LogP contribution in [0.3, 0.4) is 0 Å². The average Bonchev–Trinajstić information content (AvgIpc) is 2.91. The molecule has 0 saturated carbocycles. The average molecular weight is 311 g/mol. The quantitative estimate of drug-likeness (QED) is 0.666. The predicted octanol–water partition coefficient (Wildman–Crippen LogP) is 2.74. The summed E-state index contributed by atoms with van der Waals surface area (Å²) in [5.41, 5.74) is 5.18. The van der Waals surface area contributed by atoms with Crippen molar-refractivity contribution in [3.63, 3.8) is 0 Å². The summed E-state index contributed by atoms with van der Waals surface area (Å²) in [6.07, 6.45) is 2.99. The number of ether oxygens (including phenoxy) is 2. The first-order valence-electron chi connectivity index (χ1n) is 7.57. The number of benzene rings is 1. The molecule has 21 heavy (non-hydrogen) atoms. The molecule has 0 aromatic heterocycles. The minimum Gasteiger partial charge on any atom is -0.378 e. The first kappa shape index (κ1) is 15.3. The summed E-state index contributed by atoms with van der Waals surface area (Å²) in [6, 6.07) is 6.26. The monoisotopic (exact) mass is 310 g/mol. The second-order valence-corrected chi connectivity index (χ2v) is 6.65. The fraction of sp³-hybridized carbons (Fsp3) is 0.625. The zero-order valence-corrected chi connectivity index (χ0v) is 13.2. The Kier molecular flexibility index (Phi) is 4.52. The number of rotatable bonds is 3. The summed E-state index contributed by atoms with van der Waals surface area (Å²) in [5.74, 6) is 6.31. The molecule has 2 aliphatic rings. The molecule has 3 unspecified atom stereocenters. The molecular formula is C16H23ClN2O2. The molecular weight excluding hydrogens is 288 g/mol. The third-order valence-electron chi connectivity index (χ3n) is 4.79. The number of hydrogen-bond acceptors (Lipinski definition) is 4. The maximum atomic E-state index is 6.12. The maximum absolute atomic E-state index is 6.12. The van der Waals surface area contributed by atoms with Gasteiger partial charge in [0.25, 0.3) is 0 Å². The van der Waals surface area contributed by atoms with Gasteiger partial charge in [0, 0.05) is 30.7 Å². The first-order chi connectivity index (χ1) is 10.1. The molecule has 4 nitrogen and oxygen atoms in total. The number of hydrogen-bond donors (Lipinski definition) is 2. The Morgan fingerprint density at radius 1 is 1.43 bits per heavy atom. The lowest BCUT2D eigenvalue weighted by Crippen LogP contribution is -2.45. The number of nitrogens with one attached hydrogen (secondary N) is 1. The zero-order valence-electron chi connectivity index (χ0n) is 12.4. The van der Waals surface area contributed by atoms with Gasteiger partial charge in [0.2, 0.25) is 0 Å². The highest BCUT2D eigenvalue weighted by Crippen LogP contribution is 2.41. The van der Waals surface area contributed by atoms with Crippen LogP contribution in [-0.2, 0) is 9.47 Å². The van der Waals surface area contributed by atoms with Crippen molar-refractivity contribution >= 4 is 11.6 Å². The lowest BCUT2D eigenvalue weighted by atomic mass is 9.79. The fourth-order valence-electron chi connectivity index (χ4n) is 3.58. The van der Waals surface area contributed by atoms with E-state index < -0.39 is 0 Å². The minimum absolute atomic E-state index is 0.0977. The molecule has 5 heteroatoms. The van der Waals surface area contributed by atoms with Crippen LogP contribution in [-0.4, -0.2) is 25.4 Å². The third-order valence-corrected chi connectivity index (χ3v) is 5.21. The molecule has 3 atom stereocenters. The van der Waals surface area contributed by atoms with Crippen LogP contribution in [0.25, 0.3) is 0 Å². The molecule has 0 amide bonds. The van der Waals surface area contributed by atoms with E-state index in [2.05, 4.69) is 17.6 Å². The zero-order chi connectivity index (χ0) is 14.9. The second kappa shape index (κ2) is 6.23. The number of aryl methyl sites for hydroxylation is 1. The maximum Gasteiger partial charge on any atom is 0.0940 e. The van der Waals surface area contributed by atoms with Crippen LogP contribution in [0.4, 0.5) is 0 Å². The Hall–Kier alpha value is -0.650. The standard InChI is InChI=1S/C16H23ClN2O2/c1-11-8-12(2-3-14(11)17)15(19-18)13-4-6-21-16(9-13)5-7-20-10-16/h2-3,8,13,15,19H,4-7,9-10,18H2,1H3. The topological polar surface area (TPSA) is 56.5 Å². The highest BCUT2D eigenvalue weighted by Gasteiger charge is 2.43. The molecule has 3 rings (SSSR count). The summed E-state index contributed by atoms with van der Waals surface area (Å²) < 4.78 is 11.6. The summed E-state index contributed by atoms with van der Waals surface area (Å²) in [5, 5.41) is 0.794. The van der Waals surface area contributed by atoms with E-state index in [0.717, 1.165) is 43.1 Å². The molecule has 2 saturated heterocycles. The lowest BCUT2D eigenvalue weighted by Gasteiger charge is -2.40. The van der Waals surface area contributed by atoms with Crippen molar-refractivity contribution in [2.45, 2.75) is 37.8 Å². The normalized spacial score (nSPS) is 30.7. The van der Waals surface area contributed by atoms with Gasteiger partial charge in [-0.2, -0.15) is 0 Å². The van der Waals surface area contributed by atoms with Crippen LogP contribution >= 0.6 is 11.6 Å². The van der Waals surface area contributed by atoms with Crippen molar-refractivity contribution in [3.8, 4) is 0 Å². The van der Waals surface area contributed by atoms with E-state index in [9.17, 15) is 0 Å². The smallest absolute Gasteiger partial charge is 0.0940 e. The van der Waals surface area contributed by atoms with Gasteiger partial charge in [0.05, 0.1) is 12.2 Å². The van der Waals surface area contributed by atoms with Gasteiger partial charge in [0.1, 0.15) is 0 Å². The van der Waals surface area contributed by atoms with E-state index in [0.29, 0.717) is 12.5 Å². The van der Waals surface area contributed by atoms with E-state index in [4.69, 9.17) is 26.9 Å². The predicted molar refractivity (Wildman–Crippen MR) is 83.1 cm³/mol. The molecule has 1 aromatic rings. The Labute approximate surface area is 130 Å². The van der Waals surface area contributed by atoms with E-state index in [1.807, 2.05) is 13.0 Å². The van der Waals surface area contributed by atoms with Crippen LogP contribution in [0.1, 0.15) is 36.4 Å². The SMILES string of the molecule is Cc1cc(C(NN)C2CCOC3(CCOC3)C2)ccc1Cl. The van der Waals surface area contributed by atoms with Gasteiger partial charge in [-0.1, -0.05) is 23.7 Å². The molecule has 0 bridgehead atoms. The van der Waals surface area contributed by atoms with E-state index in [1.54, 1.807) is 0 Å². The summed E-state index contributed by atoms with van der Waals surface area (Å²) >= 11 is 6.12. The Balaban J connectivity index is 1.80. The van der Waals surface area contributed by atoms with Crippen LogP contribution < -0.4 is 11.3 Å². The minimum atomic E-state index is -0.0977. The van der Waals surface area contributed by atoms with Crippen molar-refractivity contribution in [3.05, 3.63) is 34.3 Å². The van der Waals surface area contributed by atoms with Crippen molar-refractivity contribution in [1.29, 1.82) is 0 Å². The molecule has 2 fully saturated rings. The van der Waals surface area contributed by atoms with Gasteiger partial charge in [-0.3, -0.25) is 11.3 Å². The van der Waals surface area contributed by atoms with Gasteiger partial charge >= 0.3 is 0 Å². The lowest BCUT2D eigenvalue weighted by molar-refractivity contribution is -0.103. The van der Waals surface area contributed by atoms with Gasteiger partial charge in [-0.05, 0) is 42.9 Å². The Morgan fingerprint density at radius 2 is 2.29 bits per heavy atom. The van der Waals surface area contributed by atoms with Crippen molar-refractivity contribution < 1.29 is 9.47 Å². The van der Waals surface area contributed by atoms with E-state index >= 15 is 0 Å². The van der Waals surface area contributed by atoms with E-state index in [1.165, 1.54) is 5.56 Å². The number of halogens is 1. The number of nitrogens with two attached hydrogens (primary N) is 1. The van der Waals surface area contributed by atoms with Crippen LogP contribution in [0, 0.1) is 12.8 Å². The van der Waals surface area contributed by atoms with Crippen LogP contribution in [0.15, 0.2) is 18.2 Å². The largest absolute Gasteiger partial charge is 0.378 e.